The summed E-state index contributed by atoms with van der Waals surface area (Å²) >= 11 is 0. The van der Waals surface area contributed by atoms with Gasteiger partial charge in [-0.2, -0.15) is 0 Å². The Labute approximate surface area is 176 Å². The van der Waals surface area contributed by atoms with Crippen molar-refractivity contribution >= 4 is 23.5 Å². The van der Waals surface area contributed by atoms with E-state index in [4.69, 9.17) is 0 Å². The molecule has 2 heterocycles. The van der Waals surface area contributed by atoms with Crippen molar-refractivity contribution in [3.05, 3.63) is 90.4 Å². The topological polar surface area (TPSA) is 61.4 Å². The normalized spacial score (nSPS) is 14.7. The lowest BCUT2D eigenvalue weighted by molar-refractivity contribution is 0.0644. The van der Waals surface area contributed by atoms with E-state index in [1.165, 1.54) is 5.56 Å². The molecule has 1 aliphatic rings. The number of piperazine rings is 1. The molecular formula is C24H25N5O. The van der Waals surface area contributed by atoms with Gasteiger partial charge in [0.1, 0.15) is 11.5 Å². The van der Waals surface area contributed by atoms with E-state index < -0.39 is 0 Å². The van der Waals surface area contributed by atoms with Crippen LogP contribution >= 0.6 is 0 Å². The van der Waals surface area contributed by atoms with Gasteiger partial charge in [0.05, 0.1) is 12.4 Å². The maximum atomic E-state index is 12.7. The maximum Gasteiger partial charge on any atom is 0.274 e. The average Bonchev–Trinajstić information content (AvgIpc) is 2.81. The summed E-state index contributed by atoms with van der Waals surface area (Å²) in [7, 11) is 0. The van der Waals surface area contributed by atoms with Crippen molar-refractivity contribution in [2.45, 2.75) is 0 Å². The van der Waals surface area contributed by atoms with E-state index in [0.29, 0.717) is 24.6 Å². The Morgan fingerprint density at radius 2 is 1.60 bits per heavy atom. The Morgan fingerprint density at radius 1 is 0.900 bits per heavy atom. The largest absolute Gasteiger partial charge is 0.339 e. The number of anilines is 2. The minimum atomic E-state index is -0.0618. The van der Waals surface area contributed by atoms with Crippen LogP contribution in [-0.4, -0.2) is 58.4 Å². The summed E-state index contributed by atoms with van der Waals surface area (Å²) in [5.74, 6) is 0.556. The van der Waals surface area contributed by atoms with Crippen molar-refractivity contribution in [3.8, 4) is 0 Å². The number of rotatable bonds is 6. The van der Waals surface area contributed by atoms with Crippen LogP contribution in [0.2, 0.25) is 0 Å². The molecule has 1 aliphatic heterocycles. The van der Waals surface area contributed by atoms with Crippen LogP contribution in [0.25, 0.3) is 6.08 Å². The molecule has 0 radical (unpaired) electrons. The molecule has 3 aromatic rings. The Balaban J connectivity index is 1.26. The molecule has 30 heavy (non-hydrogen) atoms. The third-order valence-electron chi connectivity index (χ3n) is 5.05. The molecule has 4 rings (SSSR count). The van der Waals surface area contributed by atoms with E-state index in [9.17, 15) is 4.79 Å². The highest BCUT2D eigenvalue weighted by molar-refractivity contribution is 5.92. The number of benzene rings is 2. The second-order valence-electron chi connectivity index (χ2n) is 7.18. The lowest BCUT2D eigenvalue weighted by Gasteiger charge is -2.33. The summed E-state index contributed by atoms with van der Waals surface area (Å²) in [5.41, 5.74) is 2.52. The van der Waals surface area contributed by atoms with Crippen LogP contribution in [0.5, 0.6) is 0 Å². The van der Waals surface area contributed by atoms with Gasteiger partial charge in [0.15, 0.2) is 0 Å². The van der Waals surface area contributed by atoms with Crippen LogP contribution in [0.1, 0.15) is 16.1 Å². The quantitative estimate of drug-likeness (QED) is 0.685. The second kappa shape index (κ2) is 9.80. The molecule has 1 saturated heterocycles. The number of nitrogens with zero attached hydrogens (tertiary/aromatic N) is 4. The Morgan fingerprint density at radius 3 is 2.27 bits per heavy atom. The van der Waals surface area contributed by atoms with E-state index in [-0.39, 0.29) is 5.91 Å². The van der Waals surface area contributed by atoms with Gasteiger partial charge in [0.2, 0.25) is 0 Å². The molecule has 0 bridgehead atoms. The smallest absolute Gasteiger partial charge is 0.274 e. The zero-order valence-electron chi connectivity index (χ0n) is 16.8. The molecular weight excluding hydrogens is 374 g/mol. The van der Waals surface area contributed by atoms with Crippen LogP contribution in [0.3, 0.4) is 0 Å². The van der Waals surface area contributed by atoms with Crippen molar-refractivity contribution in [1.82, 2.24) is 19.8 Å². The predicted molar refractivity (Wildman–Crippen MR) is 120 cm³/mol. The van der Waals surface area contributed by atoms with Gasteiger partial charge in [-0.25, -0.2) is 9.97 Å². The fourth-order valence-corrected chi connectivity index (χ4v) is 3.37. The highest BCUT2D eigenvalue weighted by Crippen LogP contribution is 2.13. The Bertz CT molecular complexity index is 965. The fourth-order valence-electron chi connectivity index (χ4n) is 3.37. The molecule has 0 unspecified atom stereocenters. The van der Waals surface area contributed by atoms with Crippen LogP contribution < -0.4 is 5.32 Å². The van der Waals surface area contributed by atoms with Gasteiger partial charge in [0, 0.05) is 38.4 Å². The number of para-hydroxylation sites is 1. The molecule has 0 atom stereocenters. The van der Waals surface area contributed by atoms with Crippen LogP contribution in [0.4, 0.5) is 11.5 Å². The Kier molecular flexibility index (Phi) is 6.47. The van der Waals surface area contributed by atoms with E-state index in [1.54, 1.807) is 12.4 Å². The zero-order chi connectivity index (χ0) is 20.6. The number of aromatic nitrogens is 2. The first-order chi connectivity index (χ1) is 14.8. The fraction of sp³-hybridized carbons (Fsp3) is 0.208. The SMILES string of the molecule is O=C(c1cnc(Nc2ccccc2)cn1)N1CCN(C/C=C/c2ccccc2)CC1. The minimum absolute atomic E-state index is 0.0618. The number of hydrogen-bond acceptors (Lipinski definition) is 5. The zero-order valence-corrected chi connectivity index (χ0v) is 16.8. The van der Waals surface area contributed by atoms with Gasteiger partial charge >= 0.3 is 0 Å². The van der Waals surface area contributed by atoms with Crippen LogP contribution in [0.15, 0.2) is 79.1 Å². The number of amides is 1. The molecule has 152 valence electrons. The van der Waals surface area contributed by atoms with Gasteiger partial charge in [-0.3, -0.25) is 9.69 Å². The molecule has 2 aromatic carbocycles. The van der Waals surface area contributed by atoms with Gasteiger partial charge < -0.3 is 10.2 Å². The highest BCUT2D eigenvalue weighted by atomic mass is 16.2. The highest BCUT2D eigenvalue weighted by Gasteiger charge is 2.22. The first kappa shape index (κ1) is 19.8. The van der Waals surface area contributed by atoms with Crippen molar-refractivity contribution in [2.24, 2.45) is 0 Å². The second-order valence-corrected chi connectivity index (χ2v) is 7.18. The molecule has 1 N–H and O–H groups in total. The molecule has 0 saturated carbocycles. The summed E-state index contributed by atoms with van der Waals surface area (Å²) in [6.07, 6.45) is 7.46. The summed E-state index contributed by atoms with van der Waals surface area (Å²) in [5, 5.41) is 3.18. The third kappa shape index (κ3) is 5.30. The van der Waals surface area contributed by atoms with Crippen molar-refractivity contribution in [3.63, 3.8) is 0 Å². The summed E-state index contributed by atoms with van der Waals surface area (Å²) in [6.45, 7) is 3.99. The van der Waals surface area contributed by atoms with E-state index in [1.807, 2.05) is 53.4 Å². The number of carbonyl (C=O) groups is 1. The van der Waals surface area contributed by atoms with Crippen molar-refractivity contribution in [2.75, 3.05) is 38.0 Å². The first-order valence-corrected chi connectivity index (χ1v) is 10.2. The molecule has 0 spiro atoms. The monoisotopic (exact) mass is 399 g/mol. The third-order valence-corrected chi connectivity index (χ3v) is 5.05. The van der Waals surface area contributed by atoms with Crippen molar-refractivity contribution in [1.29, 1.82) is 0 Å². The number of hydrogen-bond donors (Lipinski definition) is 1. The van der Waals surface area contributed by atoms with Crippen molar-refractivity contribution < 1.29 is 4.79 Å². The van der Waals surface area contributed by atoms with Gasteiger partial charge in [-0.05, 0) is 17.7 Å². The summed E-state index contributed by atoms with van der Waals surface area (Å²) < 4.78 is 0. The number of nitrogens with one attached hydrogen (secondary N) is 1. The van der Waals surface area contributed by atoms with E-state index in [2.05, 4.69) is 44.5 Å². The molecule has 1 amide bonds. The van der Waals surface area contributed by atoms with E-state index in [0.717, 1.165) is 25.3 Å². The summed E-state index contributed by atoms with van der Waals surface area (Å²) in [6, 6.07) is 20.0. The lowest BCUT2D eigenvalue weighted by Crippen LogP contribution is -2.48. The average molecular weight is 399 g/mol. The molecule has 1 fully saturated rings. The predicted octanol–water partition coefficient (Wildman–Crippen LogP) is 3.69. The first-order valence-electron chi connectivity index (χ1n) is 10.2. The summed E-state index contributed by atoms with van der Waals surface area (Å²) in [4.78, 5) is 25.6. The molecule has 0 aliphatic carbocycles. The van der Waals surface area contributed by atoms with Gasteiger partial charge in [-0.15, -0.1) is 0 Å². The minimum Gasteiger partial charge on any atom is -0.339 e. The Hall–Kier alpha value is -3.51. The lowest BCUT2D eigenvalue weighted by atomic mass is 10.2. The molecule has 6 heteroatoms. The van der Waals surface area contributed by atoms with Crippen LogP contribution in [0, 0.1) is 0 Å². The van der Waals surface area contributed by atoms with Gasteiger partial charge in [0.25, 0.3) is 5.91 Å². The molecule has 6 nitrogen and oxygen atoms in total. The van der Waals surface area contributed by atoms with Gasteiger partial charge in [-0.1, -0.05) is 60.7 Å². The van der Waals surface area contributed by atoms with Crippen LogP contribution in [-0.2, 0) is 0 Å². The number of carbonyl (C=O) groups excluding carboxylic acids is 1. The van der Waals surface area contributed by atoms with E-state index >= 15 is 0 Å². The molecule has 1 aromatic heterocycles. The maximum absolute atomic E-state index is 12.7. The standard InChI is InChI=1S/C24H25N5O/c30-24(22-18-26-23(19-25-22)27-21-11-5-2-6-12-21)29-16-14-28(15-17-29)13-7-10-20-8-3-1-4-9-20/h1-12,18-19H,13-17H2,(H,26,27)/b10-7+.